The summed E-state index contributed by atoms with van der Waals surface area (Å²) in [5.41, 5.74) is -0.224. The highest BCUT2D eigenvalue weighted by atomic mass is 19.1. The van der Waals surface area contributed by atoms with E-state index in [0.717, 1.165) is 5.56 Å². The van der Waals surface area contributed by atoms with Gasteiger partial charge in [-0.15, -0.1) is 0 Å². The average molecular weight is 436 g/mol. The lowest BCUT2D eigenvalue weighted by Crippen LogP contribution is -2.45. The molecule has 31 heavy (non-hydrogen) atoms. The van der Waals surface area contributed by atoms with Gasteiger partial charge in [0, 0.05) is 13.1 Å². The quantitative estimate of drug-likeness (QED) is 0.462. The van der Waals surface area contributed by atoms with Crippen LogP contribution < -0.4 is 15.4 Å². The Morgan fingerprint density at radius 1 is 1.45 bits per heavy atom. The van der Waals surface area contributed by atoms with Gasteiger partial charge in [-0.1, -0.05) is 12.1 Å². The number of ether oxygens (including phenoxy) is 2. The summed E-state index contributed by atoms with van der Waals surface area (Å²) >= 11 is 0. The van der Waals surface area contributed by atoms with E-state index in [1.54, 1.807) is 49.9 Å². The standard InChI is InChI=1S/C21H29FN4O5/c1-14(25-19(27)28)15-4-6-16(7-5-15)31-17-8-9-26(11-17)21(22)10-18(23-13-24-21)30-12-20(2,3)29/h4-7,10,13-14,17,25,29H,8-9,11-12H2,1-3H3,(H,23,24)(H,27,28)/t14-,17+,21?/m0/s1. The van der Waals surface area contributed by atoms with Crippen LogP contribution in [0.25, 0.3) is 0 Å². The monoisotopic (exact) mass is 436 g/mol. The molecule has 0 saturated carbocycles. The van der Waals surface area contributed by atoms with Gasteiger partial charge in [0.1, 0.15) is 18.5 Å². The highest BCUT2D eigenvalue weighted by Crippen LogP contribution is 2.30. The molecule has 1 saturated heterocycles. The number of hydrogen-bond donors (Lipinski definition) is 4. The first-order valence-electron chi connectivity index (χ1n) is 10.1. The fourth-order valence-electron chi connectivity index (χ4n) is 3.35. The van der Waals surface area contributed by atoms with Gasteiger partial charge in [-0.05, 0) is 44.9 Å². The van der Waals surface area contributed by atoms with E-state index in [1.165, 1.54) is 12.4 Å². The summed E-state index contributed by atoms with van der Waals surface area (Å²) in [7, 11) is 0. The van der Waals surface area contributed by atoms with Crippen LogP contribution >= 0.6 is 0 Å². The molecule has 0 aromatic heterocycles. The Morgan fingerprint density at radius 3 is 2.81 bits per heavy atom. The van der Waals surface area contributed by atoms with Crippen LogP contribution in [0.5, 0.6) is 5.75 Å². The predicted octanol–water partition coefficient (Wildman–Crippen LogP) is 2.35. The summed E-state index contributed by atoms with van der Waals surface area (Å²) in [6.07, 6.45) is 1.83. The maximum absolute atomic E-state index is 15.5. The Balaban J connectivity index is 1.57. The molecule has 0 aliphatic carbocycles. The number of amides is 1. The molecule has 3 atom stereocenters. The van der Waals surface area contributed by atoms with Gasteiger partial charge in [0.2, 0.25) is 0 Å². The second-order valence-electron chi connectivity index (χ2n) is 8.36. The van der Waals surface area contributed by atoms with Crippen molar-refractivity contribution in [1.29, 1.82) is 0 Å². The van der Waals surface area contributed by atoms with Gasteiger partial charge in [-0.2, -0.15) is 4.39 Å². The van der Waals surface area contributed by atoms with Crippen molar-refractivity contribution in [3.8, 4) is 5.75 Å². The Bertz CT molecular complexity index is 839. The molecule has 0 bridgehead atoms. The Kier molecular flexibility index (Phi) is 6.71. The molecule has 0 spiro atoms. The molecule has 3 rings (SSSR count). The maximum Gasteiger partial charge on any atom is 0.405 e. The molecule has 1 amide bonds. The van der Waals surface area contributed by atoms with Crippen LogP contribution in [-0.4, -0.2) is 64.9 Å². The number of hydrogen-bond acceptors (Lipinski definition) is 7. The van der Waals surface area contributed by atoms with Gasteiger partial charge in [0.25, 0.3) is 5.92 Å². The lowest BCUT2D eigenvalue weighted by Gasteiger charge is -2.31. The largest absolute Gasteiger partial charge is 0.489 e. The number of likely N-dealkylation sites (tertiary alicyclic amines) is 1. The third-order valence-corrected chi connectivity index (χ3v) is 4.96. The van der Waals surface area contributed by atoms with Crippen molar-refractivity contribution in [3.63, 3.8) is 0 Å². The Morgan fingerprint density at radius 2 is 2.16 bits per heavy atom. The maximum atomic E-state index is 15.5. The highest BCUT2D eigenvalue weighted by Gasteiger charge is 2.42. The molecule has 4 N–H and O–H groups in total. The number of alkyl halides is 1. The molecule has 1 fully saturated rings. The number of nitrogens with zero attached hydrogens (tertiary/aromatic N) is 2. The molecule has 9 nitrogen and oxygen atoms in total. The van der Waals surface area contributed by atoms with Gasteiger partial charge in [0.05, 0.1) is 24.1 Å². The van der Waals surface area contributed by atoms with Crippen LogP contribution in [0.2, 0.25) is 0 Å². The van der Waals surface area contributed by atoms with Crippen LogP contribution in [0.3, 0.4) is 0 Å². The van der Waals surface area contributed by atoms with Crippen molar-refractivity contribution in [2.45, 2.75) is 50.9 Å². The highest BCUT2D eigenvalue weighted by molar-refractivity contribution is 5.65. The number of benzene rings is 1. The Labute approximate surface area is 180 Å². The topological polar surface area (TPSA) is 116 Å². The van der Waals surface area contributed by atoms with E-state index in [-0.39, 0.29) is 24.6 Å². The van der Waals surface area contributed by atoms with Gasteiger partial charge in [-0.25, -0.2) is 14.7 Å². The SMILES string of the molecule is C[C@H](NC(=O)O)c1ccc(O[C@@H]2CCN(C3(F)C=C(OCC(C)(C)O)NC=N3)C2)cc1. The molecule has 2 heterocycles. The van der Waals surface area contributed by atoms with Gasteiger partial charge in [0.15, 0.2) is 5.88 Å². The Hall–Kier alpha value is -2.85. The van der Waals surface area contributed by atoms with Crippen LogP contribution in [-0.2, 0) is 4.74 Å². The third kappa shape index (κ3) is 6.31. The minimum Gasteiger partial charge on any atom is -0.489 e. The molecule has 0 radical (unpaired) electrons. The van der Waals surface area contributed by atoms with Crippen molar-refractivity contribution in [3.05, 3.63) is 41.8 Å². The molecule has 1 unspecified atom stereocenters. The molecule has 170 valence electrons. The number of nitrogens with one attached hydrogen (secondary N) is 2. The third-order valence-electron chi connectivity index (χ3n) is 4.96. The second-order valence-corrected chi connectivity index (χ2v) is 8.36. The second kappa shape index (κ2) is 9.11. The molecular weight excluding hydrogens is 407 g/mol. The number of aliphatic hydroxyl groups is 1. The molecule has 1 aromatic carbocycles. The summed E-state index contributed by atoms with van der Waals surface area (Å²) in [6, 6.07) is 6.80. The fraction of sp³-hybridized carbons (Fsp3) is 0.524. The number of halogens is 1. The van der Waals surface area contributed by atoms with Crippen molar-refractivity contribution < 1.29 is 28.9 Å². The van der Waals surface area contributed by atoms with Crippen molar-refractivity contribution >= 4 is 12.4 Å². The number of rotatable bonds is 8. The number of aliphatic imine (C=N–C) groups is 1. The minimum absolute atomic E-state index is 0.0120. The molecule has 2 aliphatic heterocycles. The summed E-state index contributed by atoms with van der Waals surface area (Å²) in [5, 5.41) is 23.7. The first-order chi connectivity index (χ1) is 14.5. The number of carbonyl (C=O) groups is 1. The molecule has 10 heteroatoms. The van der Waals surface area contributed by atoms with Gasteiger partial charge < -0.3 is 30.3 Å². The van der Waals surface area contributed by atoms with E-state index in [2.05, 4.69) is 15.6 Å². The normalized spacial score (nSPS) is 24.8. The number of carboxylic acid groups (broad SMARTS) is 1. The van der Waals surface area contributed by atoms with E-state index in [0.29, 0.717) is 25.3 Å². The predicted molar refractivity (Wildman–Crippen MR) is 112 cm³/mol. The van der Waals surface area contributed by atoms with Crippen molar-refractivity contribution in [2.24, 2.45) is 4.99 Å². The van der Waals surface area contributed by atoms with Crippen LogP contribution in [0.15, 0.2) is 41.2 Å². The van der Waals surface area contributed by atoms with Crippen LogP contribution in [0, 0.1) is 0 Å². The minimum atomic E-state index is -2.06. The molecule has 1 aromatic rings. The van der Waals surface area contributed by atoms with Gasteiger partial charge >= 0.3 is 6.09 Å². The fourth-order valence-corrected chi connectivity index (χ4v) is 3.35. The summed E-state index contributed by atoms with van der Waals surface area (Å²) in [6.45, 7) is 5.76. The average Bonchev–Trinajstić information content (AvgIpc) is 3.15. The van der Waals surface area contributed by atoms with Crippen molar-refractivity contribution in [2.75, 3.05) is 19.7 Å². The van der Waals surface area contributed by atoms with E-state index < -0.39 is 17.6 Å². The lowest BCUT2D eigenvalue weighted by atomic mass is 10.1. The zero-order valence-electron chi connectivity index (χ0n) is 17.8. The van der Waals surface area contributed by atoms with E-state index in [9.17, 15) is 9.90 Å². The first kappa shape index (κ1) is 22.8. The zero-order valence-corrected chi connectivity index (χ0v) is 17.8. The summed E-state index contributed by atoms with van der Waals surface area (Å²) < 4.78 is 26.9. The van der Waals surface area contributed by atoms with Crippen molar-refractivity contribution in [1.82, 2.24) is 15.5 Å². The van der Waals surface area contributed by atoms with Gasteiger partial charge in [-0.3, -0.25) is 0 Å². The van der Waals surface area contributed by atoms with Crippen LogP contribution in [0.4, 0.5) is 9.18 Å². The van der Waals surface area contributed by atoms with E-state index >= 15 is 4.39 Å². The first-order valence-corrected chi connectivity index (χ1v) is 10.1. The van der Waals surface area contributed by atoms with Crippen LogP contribution in [0.1, 0.15) is 38.8 Å². The zero-order chi connectivity index (χ0) is 22.6. The smallest absolute Gasteiger partial charge is 0.405 e. The molecule has 2 aliphatic rings. The van der Waals surface area contributed by atoms with E-state index in [1.807, 2.05) is 0 Å². The summed E-state index contributed by atoms with van der Waals surface area (Å²) in [4.78, 5) is 16.3. The summed E-state index contributed by atoms with van der Waals surface area (Å²) in [5.74, 6) is -1.23. The molecular formula is C21H29FN4O5. The lowest BCUT2D eigenvalue weighted by molar-refractivity contribution is -0.0100. The van der Waals surface area contributed by atoms with E-state index in [4.69, 9.17) is 14.6 Å².